The molecule has 0 fully saturated rings. The van der Waals surface area contributed by atoms with E-state index in [0.717, 1.165) is 103 Å². The third-order valence-electron chi connectivity index (χ3n) is 18.5. The van der Waals surface area contributed by atoms with E-state index in [0.29, 0.717) is 84.5 Å². The fraction of sp³-hybridized carbons (Fsp3) is 0.667. The third-order valence-corrected chi connectivity index (χ3v) is 22.6. The van der Waals surface area contributed by atoms with Crippen molar-refractivity contribution in [1.29, 1.82) is 0 Å². The summed E-state index contributed by atoms with van der Waals surface area (Å²) in [7, 11) is 0. The summed E-state index contributed by atoms with van der Waals surface area (Å²) < 4.78 is 1.18. The zero-order chi connectivity index (χ0) is 61.0. The van der Waals surface area contributed by atoms with E-state index in [9.17, 15) is 40.9 Å². The van der Waals surface area contributed by atoms with Crippen LogP contribution in [0, 0.1) is 14.3 Å². The van der Waals surface area contributed by atoms with E-state index >= 15 is 0 Å². The second-order valence-corrected chi connectivity index (χ2v) is 29.3. The van der Waals surface area contributed by atoms with Crippen molar-refractivity contribution in [2.75, 3.05) is 0 Å². The molecule has 0 aliphatic heterocycles. The van der Waals surface area contributed by atoms with Gasteiger partial charge in [-0.15, -0.1) is 0 Å². The molecule has 0 heterocycles. The summed E-state index contributed by atoms with van der Waals surface area (Å²) in [5, 5.41) is 100. The van der Waals surface area contributed by atoms with Gasteiger partial charge in [0.15, 0.2) is 0 Å². The number of phenols is 8. The molecule has 1 aliphatic rings. The topological polar surface area (TPSA) is 162 Å². The van der Waals surface area contributed by atoms with Crippen LogP contribution in [0.3, 0.4) is 0 Å². The number of rotatable bonds is 40. The summed E-state index contributed by atoms with van der Waals surface area (Å²) in [6.45, 7) is 8.97. The minimum absolute atomic E-state index is 0.0578. The van der Waals surface area contributed by atoms with Crippen LogP contribution in [0.2, 0.25) is 0 Å². The molecule has 8 N–H and O–H groups in total. The molecule has 0 amide bonds. The van der Waals surface area contributed by atoms with Gasteiger partial charge in [0.25, 0.3) is 0 Å². The van der Waals surface area contributed by atoms with Crippen molar-refractivity contribution < 1.29 is 40.9 Å². The van der Waals surface area contributed by atoms with Crippen LogP contribution in [0.4, 0.5) is 0 Å². The van der Waals surface area contributed by atoms with E-state index in [4.69, 9.17) is 0 Å². The summed E-state index contributed by atoms with van der Waals surface area (Å²) in [6.07, 6.45) is 42.8. The Morgan fingerprint density at radius 2 is 0.333 bits per heavy atom. The van der Waals surface area contributed by atoms with Crippen molar-refractivity contribution in [3.63, 3.8) is 0 Å². The van der Waals surface area contributed by atoms with Gasteiger partial charge < -0.3 is 40.9 Å². The Kier molecular flexibility index (Phi) is 34.8. The van der Waals surface area contributed by atoms with Crippen LogP contribution in [0.25, 0.3) is 0 Å². The van der Waals surface area contributed by atoms with Crippen molar-refractivity contribution >= 4 is 90.4 Å². The van der Waals surface area contributed by atoms with E-state index in [1.54, 1.807) is 0 Å². The van der Waals surface area contributed by atoms with E-state index in [2.05, 4.69) is 118 Å². The molecular weight excluding hydrogens is 1500 g/mol. The van der Waals surface area contributed by atoms with Crippen molar-refractivity contribution in [2.24, 2.45) is 0 Å². The summed E-state index contributed by atoms with van der Waals surface area (Å²) >= 11 is 8.25. The molecule has 8 bridgehead atoms. The second-order valence-electron chi connectivity index (χ2n) is 24.9. The monoisotopic (exact) mass is 1610 g/mol. The van der Waals surface area contributed by atoms with Gasteiger partial charge >= 0.3 is 0 Å². The van der Waals surface area contributed by atoms with Crippen molar-refractivity contribution in [1.82, 2.24) is 0 Å². The number of phenolic OH excluding ortho intramolecular Hbond substituents is 8. The van der Waals surface area contributed by atoms with Crippen LogP contribution >= 0.6 is 90.4 Å². The standard InChI is InChI=1S/C72H108I4O8/c1-5-9-13-17-21-25-29-33-37-41-49-53-45-55(67(79)61(73)65(53)77)50(42-38-34-30-26-22-18-14-10-6-2)57-47-59(71(83)63(75)69(57)81)52(44-40-36-32-28-24-20-16-12-8-4)60-48-58(70(82)64(76)72(60)84)51(43-39-35-31-27-23-19-15-11-7-3)56-46-54(49)66(78)62(74)68(56)80/h45-52,77-84H,5-44H2,1-4H3. The van der Waals surface area contributed by atoms with Gasteiger partial charge in [-0.25, -0.2) is 0 Å². The molecule has 472 valence electrons. The van der Waals surface area contributed by atoms with Gasteiger partial charge in [0.05, 0.1) is 14.3 Å². The molecule has 12 heteroatoms. The lowest BCUT2D eigenvalue weighted by atomic mass is 9.76. The van der Waals surface area contributed by atoms with E-state index < -0.39 is 23.7 Å². The van der Waals surface area contributed by atoms with E-state index in [1.807, 2.05) is 24.3 Å². The lowest BCUT2D eigenvalue weighted by molar-refractivity contribution is 0.412. The molecule has 0 radical (unpaired) electrons. The van der Waals surface area contributed by atoms with E-state index in [1.165, 1.54) is 128 Å². The largest absolute Gasteiger partial charge is 0.506 e. The van der Waals surface area contributed by atoms with Gasteiger partial charge in [-0.05, 0) is 140 Å². The smallest absolute Gasteiger partial charge is 0.136 e. The Labute approximate surface area is 563 Å². The fourth-order valence-corrected chi connectivity index (χ4v) is 15.8. The Morgan fingerprint density at radius 1 is 0.214 bits per heavy atom. The summed E-state index contributed by atoms with van der Waals surface area (Å²) in [6, 6.07) is 7.70. The van der Waals surface area contributed by atoms with Crippen molar-refractivity contribution in [3.8, 4) is 46.0 Å². The highest BCUT2D eigenvalue weighted by Gasteiger charge is 2.36. The molecule has 0 saturated carbocycles. The summed E-state index contributed by atoms with van der Waals surface area (Å²) in [4.78, 5) is 0. The van der Waals surface area contributed by atoms with Crippen LogP contribution < -0.4 is 0 Å². The Hall–Kier alpha value is -1.80. The number of hydrogen-bond acceptors (Lipinski definition) is 8. The first kappa shape index (κ1) is 72.9. The maximum atomic E-state index is 12.6. The molecule has 4 aromatic rings. The highest BCUT2D eigenvalue weighted by molar-refractivity contribution is 14.1. The first-order valence-electron chi connectivity index (χ1n) is 33.6. The molecule has 4 aromatic carbocycles. The highest BCUT2D eigenvalue weighted by Crippen LogP contribution is 2.56. The quantitative estimate of drug-likeness (QED) is 0.0161. The first-order chi connectivity index (χ1) is 40.7. The summed E-state index contributed by atoms with van der Waals surface area (Å²) in [5.74, 6) is -2.74. The number of fused-ring (bicyclic) bond motifs is 8. The second kappa shape index (κ2) is 40.0. The number of hydrogen-bond donors (Lipinski definition) is 8. The predicted molar refractivity (Wildman–Crippen MR) is 385 cm³/mol. The van der Waals surface area contributed by atoms with Gasteiger partial charge in [0.1, 0.15) is 46.0 Å². The zero-order valence-corrected chi connectivity index (χ0v) is 60.6. The Balaban J connectivity index is 1.79. The number of unbranched alkanes of at least 4 members (excludes halogenated alkanes) is 32. The molecule has 0 spiro atoms. The van der Waals surface area contributed by atoms with Gasteiger partial charge in [0.2, 0.25) is 0 Å². The normalized spacial score (nSPS) is 16.0. The Morgan fingerprint density at radius 3 is 0.464 bits per heavy atom. The average Bonchev–Trinajstić information content (AvgIpc) is 1.24. The van der Waals surface area contributed by atoms with Crippen LogP contribution in [0.15, 0.2) is 24.3 Å². The molecule has 0 aromatic heterocycles. The molecule has 8 nitrogen and oxygen atoms in total. The average molecular weight is 1610 g/mol. The molecule has 84 heavy (non-hydrogen) atoms. The van der Waals surface area contributed by atoms with Gasteiger partial charge in [-0.3, -0.25) is 0 Å². The number of aromatic hydroxyl groups is 8. The van der Waals surface area contributed by atoms with Gasteiger partial charge in [0, 0.05) is 68.2 Å². The van der Waals surface area contributed by atoms with Crippen molar-refractivity contribution in [3.05, 3.63) is 83.1 Å². The zero-order valence-electron chi connectivity index (χ0n) is 52.0. The van der Waals surface area contributed by atoms with E-state index in [-0.39, 0.29) is 46.0 Å². The lowest BCUT2D eigenvalue weighted by Gasteiger charge is -2.30. The van der Waals surface area contributed by atoms with Crippen LogP contribution in [0.1, 0.15) is 353 Å². The fourth-order valence-electron chi connectivity index (χ4n) is 13.4. The first-order valence-corrected chi connectivity index (χ1v) is 37.9. The molecular formula is C72H108I4O8. The van der Waals surface area contributed by atoms with Crippen molar-refractivity contribution in [2.45, 2.75) is 308 Å². The van der Waals surface area contributed by atoms with Crippen LogP contribution in [-0.4, -0.2) is 40.9 Å². The minimum Gasteiger partial charge on any atom is -0.506 e. The SMILES string of the molecule is CCCCCCCCCCCC1c2cc(c(O)c(I)c2O)C(CCCCCCCCCCC)c2cc(c(O)c(I)c2O)C(CCCCCCCCCCC)c2cc(c(O)c(I)c2O)C(CCCCCCCCCCC)c2cc1c(O)c(I)c2O. The Bertz CT molecular complexity index is 2120. The lowest BCUT2D eigenvalue weighted by Crippen LogP contribution is -2.13. The molecule has 5 rings (SSSR count). The maximum absolute atomic E-state index is 12.6. The molecule has 1 aliphatic carbocycles. The molecule has 0 atom stereocenters. The summed E-state index contributed by atoms with van der Waals surface area (Å²) in [5.41, 5.74) is 4.52. The number of benzene rings is 4. The molecule has 0 unspecified atom stereocenters. The predicted octanol–water partition coefficient (Wildman–Crippen LogP) is 24.3. The third kappa shape index (κ3) is 21.2. The maximum Gasteiger partial charge on any atom is 0.136 e. The number of halogens is 4. The molecule has 0 saturated heterocycles. The van der Waals surface area contributed by atoms with Gasteiger partial charge in [-0.2, -0.15) is 0 Å². The van der Waals surface area contributed by atoms with Crippen LogP contribution in [-0.2, 0) is 0 Å². The minimum atomic E-state index is -0.571. The van der Waals surface area contributed by atoms with Gasteiger partial charge in [-0.1, -0.05) is 259 Å². The van der Waals surface area contributed by atoms with Crippen LogP contribution in [0.5, 0.6) is 46.0 Å². The highest BCUT2D eigenvalue weighted by atomic mass is 127.